The standard InChI is InChI=1S/C14H16S/c1-15(2)13-9-5-3-7-11(13)12-8-4-6-10-14(12)15/h3-5,7-9H,6,10H2,1-2H3. The van der Waals surface area contributed by atoms with Crippen molar-refractivity contribution in [1.82, 2.24) is 0 Å². The predicted octanol–water partition coefficient (Wildman–Crippen LogP) is 4.18. The van der Waals surface area contributed by atoms with Crippen molar-refractivity contribution >= 4 is 15.6 Å². The Bertz CT molecular complexity index is 478. The molecule has 15 heavy (non-hydrogen) atoms. The summed E-state index contributed by atoms with van der Waals surface area (Å²) in [6, 6.07) is 8.93. The van der Waals surface area contributed by atoms with Crippen LogP contribution in [0.3, 0.4) is 0 Å². The summed E-state index contributed by atoms with van der Waals surface area (Å²) in [6.45, 7) is 0. The number of hydrogen-bond acceptors (Lipinski definition) is 0. The molecule has 1 aliphatic heterocycles. The third-order valence-electron chi connectivity index (χ3n) is 3.47. The van der Waals surface area contributed by atoms with Crippen LogP contribution in [0.2, 0.25) is 0 Å². The van der Waals surface area contributed by atoms with Gasteiger partial charge < -0.3 is 0 Å². The van der Waals surface area contributed by atoms with Crippen LogP contribution in [-0.4, -0.2) is 12.5 Å². The van der Waals surface area contributed by atoms with Crippen LogP contribution in [0.15, 0.2) is 46.2 Å². The Hall–Kier alpha value is -0.950. The third kappa shape index (κ3) is 1.16. The summed E-state index contributed by atoms with van der Waals surface area (Å²) in [5, 5.41) is 0. The van der Waals surface area contributed by atoms with E-state index in [0.29, 0.717) is 0 Å². The van der Waals surface area contributed by atoms with Gasteiger partial charge in [0.2, 0.25) is 0 Å². The van der Waals surface area contributed by atoms with Crippen LogP contribution < -0.4 is 0 Å². The molecule has 78 valence electrons. The molecule has 0 atom stereocenters. The fraction of sp³-hybridized carbons (Fsp3) is 0.286. The molecule has 0 fully saturated rings. The normalized spacial score (nSPS) is 23.6. The first kappa shape index (κ1) is 9.29. The predicted molar refractivity (Wildman–Crippen MR) is 69.4 cm³/mol. The second-order valence-corrected chi connectivity index (χ2v) is 8.19. The molecule has 0 unspecified atom stereocenters. The summed E-state index contributed by atoms with van der Waals surface area (Å²) >= 11 is 0. The Labute approximate surface area is 93.0 Å². The molecule has 0 aromatic heterocycles. The fourth-order valence-corrected chi connectivity index (χ4v) is 5.45. The minimum Gasteiger partial charge on any atom is -0.196 e. The number of fused-ring (bicyclic) bond motifs is 2. The monoisotopic (exact) mass is 216 g/mol. The molecule has 0 spiro atoms. The summed E-state index contributed by atoms with van der Waals surface area (Å²) in [4.78, 5) is 3.30. The maximum Gasteiger partial charge on any atom is 0.00125 e. The number of benzene rings is 1. The zero-order chi connectivity index (χ0) is 10.5. The van der Waals surface area contributed by atoms with Gasteiger partial charge in [-0.25, -0.2) is 0 Å². The van der Waals surface area contributed by atoms with Crippen LogP contribution in [0.5, 0.6) is 0 Å². The Balaban J connectivity index is 2.30. The first-order valence-electron chi connectivity index (χ1n) is 5.44. The van der Waals surface area contributed by atoms with Crippen LogP contribution >= 0.6 is 10.0 Å². The molecule has 0 nitrogen and oxygen atoms in total. The van der Waals surface area contributed by atoms with Crippen molar-refractivity contribution in [2.75, 3.05) is 12.5 Å². The van der Waals surface area contributed by atoms with Gasteiger partial charge >= 0.3 is 0 Å². The van der Waals surface area contributed by atoms with Crippen LogP contribution in [-0.2, 0) is 0 Å². The van der Waals surface area contributed by atoms with E-state index in [0.717, 1.165) is 0 Å². The first-order valence-corrected chi connectivity index (χ1v) is 7.89. The minimum atomic E-state index is -0.678. The second kappa shape index (κ2) is 3.02. The molecule has 0 amide bonds. The van der Waals surface area contributed by atoms with E-state index in [4.69, 9.17) is 0 Å². The molecule has 1 aromatic carbocycles. The molecule has 0 bridgehead atoms. The lowest BCUT2D eigenvalue weighted by atomic mass is 10.00. The summed E-state index contributed by atoms with van der Waals surface area (Å²) in [7, 11) is -0.678. The molecule has 3 rings (SSSR count). The van der Waals surface area contributed by atoms with Gasteiger partial charge in [0.05, 0.1) is 0 Å². The van der Waals surface area contributed by atoms with Crippen molar-refractivity contribution in [2.24, 2.45) is 0 Å². The van der Waals surface area contributed by atoms with E-state index in [2.05, 4.69) is 48.9 Å². The maximum absolute atomic E-state index is 2.44. The second-order valence-electron chi connectivity index (χ2n) is 4.60. The van der Waals surface area contributed by atoms with Crippen molar-refractivity contribution in [3.05, 3.63) is 46.9 Å². The van der Waals surface area contributed by atoms with Crippen LogP contribution in [0.1, 0.15) is 18.4 Å². The van der Waals surface area contributed by atoms with E-state index in [1.54, 1.807) is 9.80 Å². The Kier molecular flexibility index (Phi) is 1.87. The topological polar surface area (TPSA) is 0 Å². The molecule has 0 saturated carbocycles. The Morgan fingerprint density at radius 2 is 1.93 bits per heavy atom. The van der Waals surface area contributed by atoms with Crippen LogP contribution in [0.4, 0.5) is 0 Å². The van der Waals surface area contributed by atoms with Crippen molar-refractivity contribution in [2.45, 2.75) is 17.7 Å². The van der Waals surface area contributed by atoms with Gasteiger partial charge in [-0.1, -0.05) is 30.4 Å². The number of allylic oxidation sites excluding steroid dienone is 4. The average Bonchev–Trinajstić information content (AvgIpc) is 2.51. The maximum atomic E-state index is 2.44. The van der Waals surface area contributed by atoms with Crippen molar-refractivity contribution in [3.8, 4) is 0 Å². The van der Waals surface area contributed by atoms with Crippen LogP contribution in [0, 0.1) is 0 Å². The highest BCUT2D eigenvalue weighted by Crippen LogP contribution is 2.67. The lowest BCUT2D eigenvalue weighted by Gasteiger charge is -2.31. The molecule has 1 heteroatoms. The van der Waals surface area contributed by atoms with Crippen molar-refractivity contribution in [3.63, 3.8) is 0 Å². The Morgan fingerprint density at radius 3 is 2.80 bits per heavy atom. The van der Waals surface area contributed by atoms with Gasteiger partial charge in [-0.15, -0.1) is 0 Å². The highest BCUT2D eigenvalue weighted by atomic mass is 32.3. The molecule has 0 saturated heterocycles. The van der Waals surface area contributed by atoms with Gasteiger partial charge in [0.1, 0.15) is 0 Å². The van der Waals surface area contributed by atoms with E-state index < -0.39 is 10.0 Å². The highest BCUT2D eigenvalue weighted by Gasteiger charge is 2.32. The van der Waals surface area contributed by atoms with Crippen molar-refractivity contribution in [1.29, 1.82) is 0 Å². The fourth-order valence-electron chi connectivity index (χ4n) is 2.68. The van der Waals surface area contributed by atoms with E-state index in [9.17, 15) is 0 Å². The molecule has 1 aromatic rings. The smallest absolute Gasteiger partial charge is 0.00125 e. The van der Waals surface area contributed by atoms with E-state index in [1.165, 1.54) is 24.0 Å². The van der Waals surface area contributed by atoms with Gasteiger partial charge in [0.15, 0.2) is 0 Å². The third-order valence-corrected chi connectivity index (χ3v) is 6.58. The van der Waals surface area contributed by atoms with Gasteiger partial charge in [-0.3, -0.25) is 0 Å². The van der Waals surface area contributed by atoms with Gasteiger partial charge in [-0.2, -0.15) is 10.0 Å². The molecule has 0 radical (unpaired) electrons. The zero-order valence-corrected chi connectivity index (χ0v) is 10.1. The highest BCUT2D eigenvalue weighted by molar-refractivity contribution is 8.36. The lowest BCUT2D eigenvalue weighted by molar-refractivity contribution is 1.02. The average molecular weight is 216 g/mol. The number of hydrogen-bond donors (Lipinski definition) is 0. The van der Waals surface area contributed by atoms with E-state index in [1.807, 2.05) is 0 Å². The molecular formula is C14H16S. The molecule has 1 aliphatic carbocycles. The lowest BCUT2D eigenvalue weighted by Crippen LogP contribution is -1.97. The Morgan fingerprint density at radius 1 is 1.13 bits per heavy atom. The SMILES string of the molecule is CS1(C)C2=C(C=CCC2)c2ccccc21. The van der Waals surface area contributed by atoms with E-state index in [-0.39, 0.29) is 0 Å². The van der Waals surface area contributed by atoms with Gasteiger partial charge in [-0.05, 0) is 47.5 Å². The molecular weight excluding hydrogens is 200 g/mol. The number of rotatable bonds is 0. The molecule has 0 N–H and O–H groups in total. The summed E-state index contributed by atoms with van der Waals surface area (Å²) in [5.41, 5.74) is 3.01. The molecule has 1 heterocycles. The summed E-state index contributed by atoms with van der Waals surface area (Å²) < 4.78 is 0. The largest absolute Gasteiger partial charge is 0.196 e. The molecule has 2 aliphatic rings. The first-order chi connectivity index (χ1) is 7.21. The summed E-state index contributed by atoms with van der Waals surface area (Å²) in [5.74, 6) is 0. The van der Waals surface area contributed by atoms with Crippen LogP contribution in [0.25, 0.3) is 5.57 Å². The van der Waals surface area contributed by atoms with Gasteiger partial charge in [0, 0.05) is 4.90 Å². The summed E-state index contributed by atoms with van der Waals surface area (Å²) in [6.07, 6.45) is 12.0. The van der Waals surface area contributed by atoms with Gasteiger partial charge in [0.25, 0.3) is 0 Å². The van der Waals surface area contributed by atoms with Crippen molar-refractivity contribution < 1.29 is 0 Å². The minimum absolute atomic E-state index is 0.678. The quantitative estimate of drug-likeness (QED) is 0.610. The zero-order valence-electron chi connectivity index (χ0n) is 9.29. The van der Waals surface area contributed by atoms with E-state index >= 15 is 0 Å².